The van der Waals surface area contributed by atoms with Crippen LogP contribution in [0.4, 0.5) is 11.4 Å². The monoisotopic (exact) mass is 291 g/mol. The SMILES string of the molecule is Cl.Cl.NC(=O)C1CCN(c2ccc(N)cc2)CC1. The highest BCUT2D eigenvalue weighted by molar-refractivity contribution is 5.85. The first-order valence-corrected chi connectivity index (χ1v) is 5.56. The van der Waals surface area contributed by atoms with E-state index in [1.54, 1.807) is 0 Å². The molecule has 0 aromatic heterocycles. The molecule has 6 heteroatoms. The first kappa shape index (κ1) is 16.9. The molecule has 0 bridgehead atoms. The summed E-state index contributed by atoms with van der Waals surface area (Å²) in [5, 5.41) is 0. The van der Waals surface area contributed by atoms with E-state index in [0.717, 1.165) is 37.3 Å². The van der Waals surface area contributed by atoms with Gasteiger partial charge < -0.3 is 16.4 Å². The Kier molecular flexibility index (Phi) is 6.88. The molecule has 1 aliphatic heterocycles. The third kappa shape index (κ3) is 3.96. The average molecular weight is 292 g/mol. The fourth-order valence-corrected chi connectivity index (χ4v) is 2.11. The summed E-state index contributed by atoms with van der Waals surface area (Å²) in [5.41, 5.74) is 12.9. The molecule has 18 heavy (non-hydrogen) atoms. The molecule has 102 valence electrons. The smallest absolute Gasteiger partial charge is 0.220 e. The number of nitrogen functional groups attached to an aromatic ring is 1. The quantitative estimate of drug-likeness (QED) is 0.817. The number of nitrogens with zero attached hydrogens (tertiary/aromatic N) is 1. The molecule has 1 amide bonds. The number of hydrogen-bond donors (Lipinski definition) is 2. The van der Waals surface area contributed by atoms with E-state index >= 15 is 0 Å². The molecule has 2 rings (SSSR count). The summed E-state index contributed by atoms with van der Waals surface area (Å²) in [6, 6.07) is 7.82. The second-order valence-corrected chi connectivity index (χ2v) is 4.26. The van der Waals surface area contributed by atoms with Gasteiger partial charge in [0.05, 0.1) is 0 Å². The number of carbonyl (C=O) groups excluding carboxylic acids is 1. The van der Waals surface area contributed by atoms with Gasteiger partial charge in [-0.1, -0.05) is 0 Å². The minimum absolute atomic E-state index is 0. The van der Waals surface area contributed by atoms with Crippen molar-refractivity contribution in [2.24, 2.45) is 11.7 Å². The Balaban J connectivity index is 0.00000144. The normalized spacial score (nSPS) is 15.4. The van der Waals surface area contributed by atoms with Crippen molar-refractivity contribution >= 4 is 42.1 Å². The third-order valence-corrected chi connectivity index (χ3v) is 3.16. The van der Waals surface area contributed by atoms with Crippen LogP contribution in [0.3, 0.4) is 0 Å². The second kappa shape index (κ2) is 7.34. The van der Waals surface area contributed by atoms with E-state index in [4.69, 9.17) is 11.5 Å². The highest BCUT2D eigenvalue weighted by Gasteiger charge is 2.22. The van der Waals surface area contributed by atoms with Gasteiger partial charge >= 0.3 is 0 Å². The van der Waals surface area contributed by atoms with E-state index in [-0.39, 0.29) is 36.6 Å². The van der Waals surface area contributed by atoms with Crippen LogP contribution in [-0.2, 0) is 4.79 Å². The molecular formula is C12H19Cl2N3O. The molecule has 0 atom stereocenters. The minimum Gasteiger partial charge on any atom is -0.399 e. The standard InChI is InChI=1S/C12H17N3O.2ClH/c13-10-1-3-11(4-2-10)15-7-5-9(6-8-15)12(14)16;;/h1-4,9H,5-8,13H2,(H2,14,16);2*1H. The molecule has 1 heterocycles. The van der Waals surface area contributed by atoms with Gasteiger partial charge in [0.15, 0.2) is 0 Å². The van der Waals surface area contributed by atoms with Crippen molar-refractivity contribution in [2.75, 3.05) is 23.7 Å². The number of benzene rings is 1. The van der Waals surface area contributed by atoms with Crippen molar-refractivity contribution in [2.45, 2.75) is 12.8 Å². The molecule has 0 aliphatic carbocycles. The number of amides is 1. The van der Waals surface area contributed by atoms with Crippen LogP contribution in [0.25, 0.3) is 0 Å². The lowest BCUT2D eigenvalue weighted by Crippen LogP contribution is -2.38. The Bertz CT molecular complexity index is 375. The molecule has 0 radical (unpaired) electrons. The van der Waals surface area contributed by atoms with Gasteiger partial charge in [-0.05, 0) is 37.1 Å². The van der Waals surface area contributed by atoms with Crippen molar-refractivity contribution < 1.29 is 4.79 Å². The van der Waals surface area contributed by atoms with Crippen LogP contribution in [0, 0.1) is 5.92 Å². The van der Waals surface area contributed by atoms with E-state index in [1.807, 2.05) is 24.3 Å². The molecule has 4 N–H and O–H groups in total. The van der Waals surface area contributed by atoms with Crippen molar-refractivity contribution in [3.63, 3.8) is 0 Å². The second-order valence-electron chi connectivity index (χ2n) is 4.26. The van der Waals surface area contributed by atoms with Crippen LogP contribution in [-0.4, -0.2) is 19.0 Å². The van der Waals surface area contributed by atoms with Crippen LogP contribution in [0.1, 0.15) is 12.8 Å². The van der Waals surface area contributed by atoms with Gasteiger partial charge in [-0.15, -0.1) is 24.8 Å². The van der Waals surface area contributed by atoms with Crippen LogP contribution >= 0.6 is 24.8 Å². The molecule has 1 aromatic rings. The first-order valence-electron chi connectivity index (χ1n) is 5.56. The van der Waals surface area contributed by atoms with Crippen molar-refractivity contribution in [3.8, 4) is 0 Å². The zero-order chi connectivity index (χ0) is 11.5. The Morgan fingerprint density at radius 2 is 1.61 bits per heavy atom. The summed E-state index contributed by atoms with van der Waals surface area (Å²) in [6.07, 6.45) is 1.69. The lowest BCUT2D eigenvalue weighted by atomic mass is 9.96. The third-order valence-electron chi connectivity index (χ3n) is 3.16. The molecule has 1 saturated heterocycles. The number of piperidine rings is 1. The average Bonchev–Trinajstić information content (AvgIpc) is 2.30. The summed E-state index contributed by atoms with van der Waals surface area (Å²) in [7, 11) is 0. The van der Waals surface area contributed by atoms with E-state index < -0.39 is 0 Å². The fraction of sp³-hybridized carbons (Fsp3) is 0.417. The van der Waals surface area contributed by atoms with Crippen LogP contribution in [0.15, 0.2) is 24.3 Å². The van der Waals surface area contributed by atoms with Crippen LogP contribution in [0.2, 0.25) is 0 Å². The summed E-state index contributed by atoms with van der Waals surface area (Å²) < 4.78 is 0. The maximum Gasteiger partial charge on any atom is 0.220 e. The Morgan fingerprint density at radius 3 is 2.06 bits per heavy atom. The Hall–Kier alpha value is -1.13. The zero-order valence-corrected chi connectivity index (χ0v) is 11.7. The molecule has 1 aliphatic rings. The molecule has 0 saturated carbocycles. The fourth-order valence-electron chi connectivity index (χ4n) is 2.11. The number of carbonyl (C=O) groups is 1. The number of rotatable bonds is 2. The molecule has 1 fully saturated rings. The van der Waals surface area contributed by atoms with E-state index in [9.17, 15) is 4.79 Å². The van der Waals surface area contributed by atoms with E-state index in [0.29, 0.717) is 0 Å². The van der Waals surface area contributed by atoms with E-state index in [1.165, 1.54) is 0 Å². The topological polar surface area (TPSA) is 72.4 Å². The van der Waals surface area contributed by atoms with Crippen molar-refractivity contribution in [1.29, 1.82) is 0 Å². The maximum absolute atomic E-state index is 11.0. The van der Waals surface area contributed by atoms with Gasteiger partial charge in [0.25, 0.3) is 0 Å². The predicted molar refractivity (Wildman–Crippen MR) is 79.5 cm³/mol. The van der Waals surface area contributed by atoms with Gasteiger partial charge in [0.2, 0.25) is 5.91 Å². The minimum atomic E-state index is -0.169. The molecule has 4 nitrogen and oxygen atoms in total. The van der Waals surface area contributed by atoms with Crippen molar-refractivity contribution in [3.05, 3.63) is 24.3 Å². The number of hydrogen-bond acceptors (Lipinski definition) is 3. The largest absolute Gasteiger partial charge is 0.399 e. The van der Waals surface area contributed by atoms with Gasteiger partial charge in [0, 0.05) is 30.4 Å². The van der Waals surface area contributed by atoms with Gasteiger partial charge in [-0.3, -0.25) is 4.79 Å². The summed E-state index contributed by atoms with van der Waals surface area (Å²) in [6.45, 7) is 1.77. The highest BCUT2D eigenvalue weighted by atomic mass is 35.5. The van der Waals surface area contributed by atoms with Gasteiger partial charge in [0.1, 0.15) is 0 Å². The number of primary amides is 1. The van der Waals surface area contributed by atoms with Gasteiger partial charge in [-0.25, -0.2) is 0 Å². The lowest BCUT2D eigenvalue weighted by molar-refractivity contribution is -0.122. The summed E-state index contributed by atoms with van der Waals surface area (Å²) in [4.78, 5) is 13.3. The van der Waals surface area contributed by atoms with Gasteiger partial charge in [-0.2, -0.15) is 0 Å². The molecular weight excluding hydrogens is 273 g/mol. The molecule has 1 aromatic carbocycles. The van der Waals surface area contributed by atoms with Crippen LogP contribution in [0.5, 0.6) is 0 Å². The number of nitrogens with two attached hydrogens (primary N) is 2. The Morgan fingerprint density at radius 1 is 1.11 bits per heavy atom. The molecule has 0 unspecified atom stereocenters. The van der Waals surface area contributed by atoms with Crippen molar-refractivity contribution in [1.82, 2.24) is 0 Å². The Labute approximate surface area is 120 Å². The molecule has 0 spiro atoms. The lowest BCUT2D eigenvalue weighted by Gasteiger charge is -2.32. The van der Waals surface area contributed by atoms with E-state index in [2.05, 4.69) is 4.90 Å². The number of halogens is 2. The highest BCUT2D eigenvalue weighted by Crippen LogP contribution is 2.23. The zero-order valence-electron chi connectivity index (χ0n) is 10.0. The summed E-state index contributed by atoms with van der Waals surface area (Å²) >= 11 is 0. The first-order chi connectivity index (χ1) is 7.66. The predicted octanol–water partition coefficient (Wildman–Crippen LogP) is 1.81. The maximum atomic E-state index is 11.0. The van der Waals surface area contributed by atoms with Crippen LogP contribution < -0.4 is 16.4 Å². The number of anilines is 2. The summed E-state index contributed by atoms with van der Waals surface area (Å²) in [5.74, 6) is -0.123.